The first-order chi connectivity index (χ1) is 11.1. The lowest BCUT2D eigenvalue weighted by atomic mass is 10.0. The highest BCUT2D eigenvalue weighted by molar-refractivity contribution is 6.05. The molecule has 0 aliphatic heterocycles. The third kappa shape index (κ3) is 2.59. The van der Waals surface area contributed by atoms with Crippen LogP contribution in [0.1, 0.15) is 25.0 Å². The lowest BCUT2D eigenvalue weighted by molar-refractivity contribution is -0.910. The van der Waals surface area contributed by atoms with Crippen LogP contribution in [0.3, 0.4) is 0 Å². The molecule has 1 aromatic heterocycles. The molecule has 2 N–H and O–H groups in total. The predicted molar refractivity (Wildman–Crippen MR) is 92.1 cm³/mol. The van der Waals surface area contributed by atoms with Crippen molar-refractivity contribution in [1.82, 2.24) is 0 Å². The normalized spacial score (nSPS) is 11.7. The molecule has 3 rings (SSSR count). The molecule has 4 heteroatoms. The van der Waals surface area contributed by atoms with E-state index in [1.54, 1.807) is 13.0 Å². The molecule has 0 unspecified atom stereocenters. The number of nitrogens with one attached hydrogen (secondary N) is 1. The molecule has 23 heavy (non-hydrogen) atoms. The largest absolute Gasteiger partial charge is 0.507 e. The van der Waals surface area contributed by atoms with Crippen LogP contribution in [0.4, 0.5) is 0 Å². The summed E-state index contributed by atoms with van der Waals surface area (Å²) in [5, 5.41) is 12.9. The Labute approximate surface area is 135 Å². The zero-order valence-corrected chi connectivity index (χ0v) is 13.8. The maximum Gasteiger partial charge on any atom is 0.344 e. The topological polar surface area (TPSA) is 54.9 Å². The first kappa shape index (κ1) is 15.6. The molecule has 0 saturated carbocycles. The second-order valence-electron chi connectivity index (χ2n) is 5.95. The van der Waals surface area contributed by atoms with Gasteiger partial charge < -0.3 is 14.4 Å². The molecular formula is C19H22NO3+. The molecule has 0 radical (unpaired) electrons. The third-order valence-corrected chi connectivity index (χ3v) is 4.64. The molecule has 0 amide bonds. The van der Waals surface area contributed by atoms with Crippen molar-refractivity contribution in [2.24, 2.45) is 0 Å². The highest BCUT2D eigenvalue weighted by atomic mass is 16.4. The molecule has 0 aliphatic rings. The summed E-state index contributed by atoms with van der Waals surface area (Å²) in [7, 11) is 0. The van der Waals surface area contributed by atoms with Gasteiger partial charge in [0.2, 0.25) is 0 Å². The minimum atomic E-state index is -0.363. The molecule has 1 heterocycles. The fraction of sp³-hybridized carbons (Fsp3) is 0.316. The van der Waals surface area contributed by atoms with Crippen molar-refractivity contribution in [2.75, 3.05) is 13.1 Å². The van der Waals surface area contributed by atoms with Gasteiger partial charge >= 0.3 is 5.63 Å². The zero-order valence-electron chi connectivity index (χ0n) is 13.8. The van der Waals surface area contributed by atoms with Crippen molar-refractivity contribution in [3.8, 4) is 5.75 Å². The van der Waals surface area contributed by atoms with Crippen molar-refractivity contribution in [1.29, 1.82) is 0 Å². The van der Waals surface area contributed by atoms with Crippen LogP contribution in [0.5, 0.6) is 5.75 Å². The van der Waals surface area contributed by atoms with Gasteiger partial charge in [0, 0.05) is 16.5 Å². The summed E-state index contributed by atoms with van der Waals surface area (Å²) in [5.41, 5.74) is 1.64. The van der Waals surface area contributed by atoms with Crippen LogP contribution in [-0.4, -0.2) is 18.2 Å². The van der Waals surface area contributed by atoms with Gasteiger partial charge in [-0.1, -0.05) is 18.2 Å². The van der Waals surface area contributed by atoms with Crippen LogP contribution in [0.2, 0.25) is 0 Å². The molecule has 0 fully saturated rings. The minimum absolute atomic E-state index is 0.232. The molecule has 4 nitrogen and oxygen atoms in total. The Morgan fingerprint density at radius 1 is 1.09 bits per heavy atom. The molecule has 3 aromatic rings. The van der Waals surface area contributed by atoms with E-state index in [1.807, 2.05) is 24.3 Å². The van der Waals surface area contributed by atoms with Gasteiger partial charge in [-0.3, -0.25) is 0 Å². The molecule has 0 saturated heterocycles. The molecule has 0 bridgehead atoms. The van der Waals surface area contributed by atoms with Crippen LogP contribution in [0, 0.1) is 6.92 Å². The van der Waals surface area contributed by atoms with Crippen molar-refractivity contribution < 1.29 is 14.4 Å². The standard InChI is InChI=1S/C19H21NO3/c1-4-20(5-2)11-13-10-16-14-8-6-7-9-15(14)19(22)23-18(16)12(3)17(13)21/h6-10,21H,4-5,11H2,1-3H3/p+1. The van der Waals surface area contributed by atoms with Crippen molar-refractivity contribution >= 4 is 21.7 Å². The SMILES string of the molecule is CC[NH+](CC)Cc1cc2c(oc(=O)c3ccccc32)c(C)c1O. The van der Waals surface area contributed by atoms with E-state index in [0.29, 0.717) is 16.5 Å². The van der Waals surface area contributed by atoms with Gasteiger partial charge in [0.15, 0.2) is 0 Å². The Kier molecular flexibility index (Phi) is 4.09. The first-order valence-electron chi connectivity index (χ1n) is 8.07. The summed E-state index contributed by atoms with van der Waals surface area (Å²) in [5.74, 6) is 0.232. The van der Waals surface area contributed by atoms with Crippen LogP contribution < -0.4 is 10.5 Å². The fourth-order valence-electron chi connectivity index (χ4n) is 3.14. The zero-order chi connectivity index (χ0) is 16.6. The molecule has 120 valence electrons. The summed E-state index contributed by atoms with van der Waals surface area (Å²) in [4.78, 5) is 13.5. The van der Waals surface area contributed by atoms with Gasteiger partial charge in [0.05, 0.1) is 18.5 Å². The summed E-state index contributed by atoms with van der Waals surface area (Å²) in [6, 6.07) is 9.42. The Morgan fingerprint density at radius 3 is 2.39 bits per heavy atom. The Morgan fingerprint density at radius 2 is 1.74 bits per heavy atom. The number of phenolic OH excluding ortho intramolecular Hbond substituents is 1. The number of fused-ring (bicyclic) bond motifs is 3. The second-order valence-corrected chi connectivity index (χ2v) is 5.95. The molecular weight excluding hydrogens is 290 g/mol. The monoisotopic (exact) mass is 312 g/mol. The summed E-state index contributed by atoms with van der Waals surface area (Å²) in [6.45, 7) is 8.82. The maximum atomic E-state index is 12.2. The number of hydrogen-bond acceptors (Lipinski definition) is 3. The lowest BCUT2D eigenvalue weighted by Gasteiger charge is -2.17. The average Bonchev–Trinajstić information content (AvgIpc) is 2.58. The average molecular weight is 312 g/mol. The van der Waals surface area contributed by atoms with Crippen molar-refractivity contribution in [3.63, 3.8) is 0 Å². The molecule has 2 aromatic carbocycles. The van der Waals surface area contributed by atoms with Crippen LogP contribution >= 0.6 is 0 Å². The van der Waals surface area contributed by atoms with E-state index in [4.69, 9.17) is 4.42 Å². The van der Waals surface area contributed by atoms with E-state index in [-0.39, 0.29) is 11.4 Å². The number of hydrogen-bond donors (Lipinski definition) is 2. The number of benzene rings is 2. The van der Waals surface area contributed by atoms with E-state index >= 15 is 0 Å². The summed E-state index contributed by atoms with van der Waals surface area (Å²) in [6.07, 6.45) is 0. The maximum absolute atomic E-state index is 12.2. The van der Waals surface area contributed by atoms with Gasteiger partial charge in [0.25, 0.3) is 0 Å². The summed E-state index contributed by atoms with van der Waals surface area (Å²) < 4.78 is 5.48. The molecule has 0 atom stereocenters. The van der Waals surface area contributed by atoms with Crippen molar-refractivity contribution in [2.45, 2.75) is 27.3 Å². The number of quaternary nitrogens is 1. The van der Waals surface area contributed by atoms with Crippen LogP contribution in [0.15, 0.2) is 39.5 Å². The number of rotatable bonds is 4. The first-order valence-corrected chi connectivity index (χ1v) is 8.07. The molecule has 0 aliphatic carbocycles. The highest BCUT2D eigenvalue weighted by Gasteiger charge is 2.17. The smallest absolute Gasteiger partial charge is 0.344 e. The Bertz CT molecular complexity index is 923. The Balaban J connectivity index is 2.33. The van der Waals surface area contributed by atoms with Gasteiger partial charge in [-0.25, -0.2) is 4.79 Å². The van der Waals surface area contributed by atoms with E-state index in [2.05, 4.69) is 13.8 Å². The number of aromatic hydroxyl groups is 1. The van der Waals surface area contributed by atoms with Gasteiger partial charge in [-0.05, 0) is 38.3 Å². The van der Waals surface area contributed by atoms with E-state index in [0.717, 1.165) is 36.0 Å². The van der Waals surface area contributed by atoms with E-state index in [1.165, 1.54) is 4.90 Å². The molecule has 0 spiro atoms. The predicted octanol–water partition coefficient (Wildman–Crippen LogP) is 2.38. The van der Waals surface area contributed by atoms with Gasteiger partial charge in [-0.15, -0.1) is 0 Å². The van der Waals surface area contributed by atoms with Crippen LogP contribution in [-0.2, 0) is 6.54 Å². The lowest BCUT2D eigenvalue weighted by Crippen LogP contribution is -3.10. The van der Waals surface area contributed by atoms with E-state index < -0.39 is 0 Å². The number of aryl methyl sites for hydroxylation is 1. The quantitative estimate of drug-likeness (QED) is 0.574. The van der Waals surface area contributed by atoms with Crippen LogP contribution in [0.25, 0.3) is 21.7 Å². The number of phenols is 1. The minimum Gasteiger partial charge on any atom is -0.507 e. The Hall–Kier alpha value is -2.33. The fourth-order valence-corrected chi connectivity index (χ4v) is 3.14. The van der Waals surface area contributed by atoms with E-state index in [9.17, 15) is 9.90 Å². The highest BCUT2D eigenvalue weighted by Crippen LogP contribution is 2.33. The van der Waals surface area contributed by atoms with Crippen molar-refractivity contribution in [3.05, 3.63) is 51.9 Å². The summed E-state index contributed by atoms with van der Waals surface area (Å²) >= 11 is 0. The van der Waals surface area contributed by atoms with Gasteiger partial charge in [-0.2, -0.15) is 0 Å². The van der Waals surface area contributed by atoms with Gasteiger partial charge in [0.1, 0.15) is 17.9 Å². The third-order valence-electron chi connectivity index (χ3n) is 4.64. The second kappa shape index (κ2) is 6.05.